The predicted molar refractivity (Wildman–Crippen MR) is 105 cm³/mol. The summed E-state index contributed by atoms with van der Waals surface area (Å²) in [5, 5.41) is 5.25. The summed E-state index contributed by atoms with van der Waals surface area (Å²) in [6, 6.07) is 10.3. The average Bonchev–Trinajstić information content (AvgIpc) is 3.07. The van der Waals surface area contributed by atoms with E-state index >= 15 is 0 Å². The third kappa shape index (κ3) is 4.05. The first kappa shape index (κ1) is 18.0. The van der Waals surface area contributed by atoms with Crippen LogP contribution in [0.1, 0.15) is 53.5 Å². The van der Waals surface area contributed by atoms with Crippen molar-refractivity contribution in [3.63, 3.8) is 0 Å². The zero-order valence-electron chi connectivity index (χ0n) is 15.0. The molecule has 0 saturated heterocycles. The van der Waals surface area contributed by atoms with Crippen LogP contribution in [-0.2, 0) is 6.42 Å². The average molecular weight is 358 g/mol. The Kier molecular flexibility index (Phi) is 5.76. The number of anilines is 1. The van der Waals surface area contributed by atoms with Crippen molar-refractivity contribution in [1.29, 1.82) is 0 Å². The van der Waals surface area contributed by atoms with Crippen molar-refractivity contribution in [3.05, 3.63) is 51.7 Å². The number of nitrogens with two attached hydrogens (primary N) is 1. The van der Waals surface area contributed by atoms with E-state index < -0.39 is 0 Å². The van der Waals surface area contributed by atoms with Crippen molar-refractivity contribution in [1.82, 2.24) is 10.2 Å². The summed E-state index contributed by atoms with van der Waals surface area (Å²) < 4.78 is 0. The summed E-state index contributed by atoms with van der Waals surface area (Å²) in [6.07, 6.45) is 3.51. The van der Waals surface area contributed by atoms with Gasteiger partial charge in [0.05, 0.1) is 0 Å². The highest BCUT2D eigenvalue weighted by molar-refractivity contribution is 7.10. The molecule has 3 rings (SSSR count). The number of carbonyl (C=O) groups excluding carboxylic acids is 1. The lowest BCUT2D eigenvalue weighted by Gasteiger charge is -2.40. The Morgan fingerprint density at radius 1 is 1.32 bits per heavy atom. The molecule has 5 heteroatoms. The van der Waals surface area contributed by atoms with Gasteiger partial charge in [-0.25, -0.2) is 0 Å². The van der Waals surface area contributed by atoms with Gasteiger partial charge in [-0.15, -0.1) is 11.3 Å². The second-order valence-electron chi connectivity index (χ2n) is 6.75. The summed E-state index contributed by atoms with van der Waals surface area (Å²) in [6.45, 7) is 6.08. The number of nitrogen functional groups attached to an aromatic ring is 1. The first-order chi connectivity index (χ1) is 12.1. The Hall–Kier alpha value is -1.85. The molecule has 134 valence electrons. The first-order valence-corrected chi connectivity index (χ1v) is 9.94. The van der Waals surface area contributed by atoms with Crippen molar-refractivity contribution < 1.29 is 4.79 Å². The van der Waals surface area contributed by atoms with E-state index in [1.807, 2.05) is 11.3 Å². The molecule has 1 aliphatic heterocycles. The van der Waals surface area contributed by atoms with Crippen LogP contribution >= 0.6 is 11.3 Å². The van der Waals surface area contributed by atoms with Crippen molar-refractivity contribution >= 4 is 22.9 Å². The molecule has 1 aliphatic rings. The Morgan fingerprint density at radius 3 is 2.80 bits per heavy atom. The summed E-state index contributed by atoms with van der Waals surface area (Å²) in [5.41, 5.74) is 8.52. The van der Waals surface area contributed by atoms with E-state index in [4.69, 9.17) is 5.73 Å². The van der Waals surface area contributed by atoms with Crippen molar-refractivity contribution in [3.8, 4) is 0 Å². The number of nitrogens with zero attached hydrogens (tertiary/aromatic N) is 1. The van der Waals surface area contributed by atoms with Crippen LogP contribution in [0.15, 0.2) is 35.7 Å². The fourth-order valence-electron chi connectivity index (χ4n) is 3.73. The van der Waals surface area contributed by atoms with E-state index in [0.29, 0.717) is 29.9 Å². The smallest absolute Gasteiger partial charge is 0.251 e. The van der Waals surface area contributed by atoms with Gasteiger partial charge < -0.3 is 11.1 Å². The minimum absolute atomic E-state index is 0.0338. The molecule has 2 atom stereocenters. The highest BCUT2D eigenvalue weighted by atomic mass is 32.1. The Bertz CT molecular complexity index is 710. The molecule has 0 bridgehead atoms. The normalized spacial score (nSPS) is 20.2. The molecule has 1 amide bonds. The highest BCUT2D eigenvalue weighted by Gasteiger charge is 2.31. The molecule has 3 N–H and O–H groups in total. The minimum Gasteiger partial charge on any atom is -0.399 e. The Morgan fingerprint density at radius 2 is 2.08 bits per heavy atom. The van der Waals surface area contributed by atoms with Gasteiger partial charge in [-0.3, -0.25) is 9.69 Å². The van der Waals surface area contributed by atoms with Crippen molar-refractivity contribution in [2.24, 2.45) is 0 Å². The summed E-state index contributed by atoms with van der Waals surface area (Å²) in [7, 11) is 0. The van der Waals surface area contributed by atoms with Crippen molar-refractivity contribution in [2.75, 3.05) is 18.8 Å². The van der Waals surface area contributed by atoms with Gasteiger partial charge in [0.15, 0.2) is 0 Å². The molecule has 0 unspecified atom stereocenters. The van der Waals surface area contributed by atoms with Crippen LogP contribution in [-0.4, -0.2) is 29.9 Å². The van der Waals surface area contributed by atoms with E-state index in [9.17, 15) is 4.79 Å². The van der Waals surface area contributed by atoms with Gasteiger partial charge in [0.25, 0.3) is 5.91 Å². The monoisotopic (exact) mass is 357 g/mol. The molecule has 0 spiro atoms. The molecule has 1 aromatic carbocycles. The summed E-state index contributed by atoms with van der Waals surface area (Å²) >= 11 is 1.85. The third-order valence-electron chi connectivity index (χ3n) is 5.03. The number of rotatable bonds is 6. The molecule has 1 aromatic heterocycles. The number of benzene rings is 1. The summed E-state index contributed by atoms with van der Waals surface area (Å²) in [5.74, 6) is -0.0338. The fourth-order valence-corrected chi connectivity index (χ4v) is 4.75. The topological polar surface area (TPSA) is 58.4 Å². The van der Waals surface area contributed by atoms with Crippen LogP contribution in [0.3, 0.4) is 0 Å². The quantitative estimate of drug-likeness (QED) is 0.772. The second kappa shape index (κ2) is 8.02. The number of carbonyl (C=O) groups is 1. The molecule has 0 fully saturated rings. The Labute approximate surface area is 154 Å². The van der Waals surface area contributed by atoms with Crippen LogP contribution in [0.25, 0.3) is 0 Å². The molecular formula is C20H27N3OS. The second-order valence-corrected chi connectivity index (χ2v) is 7.70. The Balaban J connectivity index is 1.60. The molecule has 0 radical (unpaired) electrons. The number of amides is 1. The lowest BCUT2D eigenvalue weighted by atomic mass is 9.93. The van der Waals surface area contributed by atoms with Crippen LogP contribution in [0.5, 0.6) is 0 Å². The van der Waals surface area contributed by atoms with Gasteiger partial charge >= 0.3 is 0 Å². The van der Waals surface area contributed by atoms with E-state index in [1.165, 1.54) is 23.3 Å². The third-order valence-corrected chi connectivity index (χ3v) is 6.16. The van der Waals surface area contributed by atoms with E-state index in [-0.39, 0.29) is 5.91 Å². The van der Waals surface area contributed by atoms with E-state index in [2.05, 4.69) is 35.5 Å². The van der Waals surface area contributed by atoms with Gasteiger partial charge in [0.2, 0.25) is 0 Å². The van der Waals surface area contributed by atoms with Gasteiger partial charge in [-0.2, -0.15) is 0 Å². The molecule has 0 saturated carbocycles. The lowest BCUT2D eigenvalue weighted by Crippen LogP contribution is -2.45. The van der Waals surface area contributed by atoms with Crippen LogP contribution < -0.4 is 11.1 Å². The zero-order chi connectivity index (χ0) is 17.8. The predicted octanol–water partition coefficient (Wildman–Crippen LogP) is 3.85. The van der Waals surface area contributed by atoms with Crippen molar-refractivity contribution in [2.45, 2.75) is 45.2 Å². The van der Waals surface area contributed by atoms with Gasteiger partial charge in [-0.1, -0.05) is 13.3 Å². The first-order valence-electron chi connectivity index (χ1n) is 9.06. The SMILES string of the molecule is CCC[C@@H]1Cc2ccsc2[C@H](C)N1CCNC(=O)c1ccc(N)cc1. The van der Waals surface area contributed by atoms with Crippen LogP contribution in [0.4, 0.5) is 5.69 Å². The van der Waals surface area contributed by atoms with Gasteiger partial charge in [0.1, 0.15) is 0 Å². The number of hydrogen-bond acceptors (Lipinski definition) is 4. The lowest BCUT2D eigenvalue weighted by molar-refractivity contribution is 0.0918. The largest absolute Gasteiger partial charge is 0.399 e. The molecule has 25 heavy (non-hydrogen) atoms. The van der Waals surface area contributed by atoms with Gasteiger partial charge in [-0.05, 0) is 61.0 Å². The molecular weight excluding hydrogens is 330 g/mol. The number of thiophene rings is 1. The van der Waals surface area contributed by atoms with Crippen LogP contribution in [0, 0.1) is 0 Å². The molecule has 2 heterocycles. The minimum atomic E-state index is -0.0338. The summed E-state index contributed by atoms with van der Waals surface area (Å²) in [4.78, 5) is 16.3. The molecule has 2 aromatic rings. The number of fused-ring (bicyclic) bond motifs is 1. The van der Waals surface area contributed by atoms with E-state index in [1.54, 1.807) is 24.3 Å². The maximum Gasteiger partial charge on any atom is 0.251 e. The zero-order valence-corrected chi connectivity index (χ0v) is 15.8. The molecule has 4 nitrogen and oxygen atoms in total. The maximum atomic E-state index is 12.3. The number of nitrogens with one attached hydrogen (secondary N) is 1. The number of hydrogen-bond donors (Lipinski definition) is 2. The molecule has 0 aliphatic carbocycles. The standard InChI is InChI=1S/C20H27N3OS/c1-3-4-18-13-16-9-12-25-19(16)14(2)23(18)11-10-22-20(24)15-5-7-17(21)8-6-15/h5-9,12,14,18H,3-4,10-11,13,21H2,1-2H3,(H,22,24)/t14-,18+/m0/s1. The fraction of sp³-hybridized carbons (Fsp3) is 0.450. The highest BCUT2D eigenvalue weighted by Crippen LogP contribution is 2.37. The van der Waals surface area contributed by atoms with Crippen LogP contribution in [0.2, 0.25) is 0 Å². The van der Waals surface area contributed by atoms with Gasteiger partial charge in [0, 0.05) is 41.3 Å². The maximum absolute atomic E-state index is 12.3. The van der Waals surface area contributed by atoms with E-state index in [0.717, 1.165) is 13.0 Å².